The smallest absolute Gasteiger partial charge is 0.126 e. The fourth-order valence-corrected chi connectivity index (χ4v) is 2.79. The molecule has 4 heteroatoms. The van der Waals surface area contributed by atoms with Gasteiger partial charge in [0.05, 0.1) is 13.2 Å². The third kappa shape index (κ3) is 2.85. The van der Waals surface area contributed by atoms with E-state index in [1.165, 1.54) is 0 Å². The lowest BCUT2D eigenvalue weighted by Gasteiger charge is -2.26. The van der Waals surface area contributed by atoms with Crippen LogP contribution < -0.4 is 9.64 Å². The molecule has 0 amide bonds. The monoisotopic (exact) mass is 264 g/mol. The van der Waals surface area contributed by atoms with Gasteiger partial charge in [0.25, 0.3) is 0 Å². The number of methoxy groups -OCH3 is 1. The van der Waals surface area contributed by atoms with Gasteiger partial charge >= 0.3 is 0 Å². The van der Waals surface area contributed by atoms with Crippen LogP contribution in [0, 0.1) is 0 Å². The number of aliphatic hydroxyl groups is 1. The van der Waals surface area contributed by atoms with Crippen molar-refractivity contribution in [3.05, 3.63) is 23.8 Å². The number of aliphatic hydroxyl groups excluding tert-OH is 1. The van der Waals surface area contributed by atoms with Crippen LogP contribution in [0.4, 0.5) is 5.69 Å². The first-order chi connectivity index (χ1) is 9.04. The standard InChI is InChI=1S/C15H24N2O2/c1-11(18)15-13(6-5-7-14(15)19-4)17-9-8-12(10-17)16(2)3/h5-7,11-12,18H,8-10H2,1-4H3/t11-,12?/m1/s1. The van der Waals surface area contributed by atoms with Crippen LogP contribution >= 0.6 is 0 Å². The number of likely N-dealkylation sites (N-methyl/N-ethyl adjacent to an activating group) is 1. The second-order valence-electron chi connectivity index (χ2n) is 5.42. The average Bonchev–Trinajstić information content (AvgIpc) is 2.87. The minimum Gasteiger partial charge on any atom is -0.496 e. The molecule has 1 aromatic carbocycles. The van der Waals surface area contributed by atoms with Gasteiger partial charge in [0, 0.05) is 30.4 Å². The van der Waals surface area contributed by atoms with E-state index in [0.29, 0.717) is 6.04 Å². The van der Waals surface area contributed by atoms with Gasteiger partial charge in [-0.15, -0.1) is 0 Å². The van der Waals surface area contributed by atoms with E-state index in [-0.39, 0.29) is 0 Å². The van der Waals surface area contributed by atoms with Crippen LogP contribution in [0.1, 0.15) is 25.0 Å². The van der Waals surface area contributed by atoms with E-state index in [0.717, 1.165) is 36.5 Å². The van der Waals surface area contributed by atoms with Crippen molar-refractivity contribution >= 4 is 5.69 Å². The zero-order valence-electron chi connectivity index (χ0n) is 12.3. The van der Waals surface area contributed by atoms with Crippen molar-refractivity contribution in [2.24, 2.45) is 0 Å². The first-order valence-corrected chi connectivity index (χ1v) is 6.81. The lowest BCUT2D eigenvalue weighted by atomic mass is 10.1. The first-order valence-electron chi connectivity index (χ1n) is 6.81. The summed E-state index contributed by atoms with van der Waals surface area (Å²) < 4.78 is 5.38. The number of nitrogens with zero attached hydrogens (tertiary/aromatic N) is 2. The molecule has 2 rings (SSSR count). The summed E-state index contributed by atoms with van der Waals surface area (Å²) in [5, 5.41) is 10.0. The van der Waals surface area contributed by atoms with E-state index in [4.69, 9.17) is 4.74 Å². The quantitative estimate of drug-likeness (QED) is 0.901. The van der Waals surface area contributed by atoms with Gasteiger partial charge in [-0.05, 0) is 39.6 Å². The number of hydrogen-bond acceptors (Lipinski definition) is 4. The molecule has 1 fully saturated rings. The number of hydrogen-bond donors (Lipinski definition) is 1. The third-order valence-electron chi connectivity index (χ3n) is 3.92. The SMILES string of the molecule is COc1cccc(N2CCC(N(C)C)C2)c1[C@@H](C)O. The van der Waals surface area contributed by atoms with Crippen molar-refractivity contribution < 1.29 is 9.84 Å². The van der Waals surface area contributed by atoms with E-state index < -0.39 is 6.10 Å². The Labute approximate surface area is 115 Å². The maximum Gasteiger partial charge on any atom is 0.126 e. The lowest BCUT2D eigenvalue weighted by Crippen LogP contribution is -2.31. The Balaban J connectivity index is 2.30. The molecule has 1 N–H and O–H groups in total. The molecule has 0 bridgehead atoms. The highest BCUT2D eigenvalue weighted by atomic mass is 16.5. The van der Waals surface area contributed by atoms with Gasteiger partial charge in [0.15, 0.2) is 0 Å². The van der Waals surface area contributed by atoms with Crippen molar-refractivity contribution in [3.63, 3.8) is 0 Å². The normalized spacial score (nSPS) is 20.9. The fourth-order valence-electron chi connectivity index (χ4n) is 2.79. The Morgan fingerprint density at radius 1 is 1.42 bits per heavy atom. The molecular weight excluding hydrogens is 240 g/mol. The van der Waals surface area contributed by atoms with Crippen LogP contribution in [0.25, 0.3) is 0 Å². The minimum absolute atomic E-state index is 0.524. The maximum absolute atomic E-state index is 10.0. The molecule has 2 atom stereocenters. The van der Waals surface area contributed by atoms with Crippen LogP contribution in [0.5, 0.6) is 5.75 Å². The summed E-state index contributed by atoms with van der Waals surface area (Å²) >= 11 is 0. The van der Waals surface area contributed by atoms with Gasteiger partial charge in [-0.25, -0.2) is 0 Å². The molecule has 0 spiro atoms. The molecule has 1 saturated heterocycles. The Kier molecular flexibility index (Phi) is 4.32. The van der Waals surface area contributed by atoms with Crippen molar-refractivity contribution in [1.82, 2.24) is 4.90 Å². The Morgan fingerprint density at radius 3 is 2.68 bits per heavy atom. The average molecular weight is 264 g/mol. The largest absolute Gasteiger partial charge is 0.496 e. The van der Waals surface area contributed by atoms with Gasteiger partial charge in [-0.2, -0.15) is 0 Å². The van der Waals surface area contributed by atoms with Crippen LogP contribution in [0.15, 0.2) is 18.2 Å². The third-order valence-corrected chi connectivity index (χ3v) is 3.92. The van der Waals surface area contributed by atoms with Gasteiger partial charge in [0.1, 0.15) is 5.75 Å². The Hall–Kier alpha value is -1.26. The van der Waals surface area contributed by atoms with Gasteiger partial charge in [-0.1, -0.05) is 6.07 Å². The second kappa shape index (κ2) is 5.80. The lowest BCUT2D eigenvalue weighted by molar-refractivity contribution is 0.194. The first kappa shape index (κ1) is 14.2. The van der Waals surface area contributed by atoms with Crippen molar-refractivity contribution in [1.29, 1.82) is 0 Å². The van der Waals surface area contributed by atoms with Crippen molar-refractivity contribution in [2.45, 2.75) is 25.5 Å². The molecule has 1 aromatic rings. The fraction of sp³-hybridized carbons (Fsp3) is 0.600. The Morgan fingerprint density at radius 2 is 2.16 bits per heavy atom. The zero-order chi connectivity index (χ0) is 14.0. The van der Waals surface area contributed by atoms with Crippen molar-refractivity contribution in [2.75, 3.05) is 39.2 Å². The van der Waals surface area contributed by atoms with E-state index in [2.05, 4.69) is 30.0 Å². The molecule has 0 radical (unpaired) electrons. The molecule has 0 aliphatic carbocycles. The topological polar surface area (TPSA) is 35.9 Å². The second-order valence-corrected chi connectivity index (χ2v) is 5.42. The molecule has 0 saturated carbocycles. The number of anilines is 1. The molecule has 1 unspecified atom stereocenters. The molecule has 4 nitrogen and oxygen atoms in total. The van der Waals surface area contributed by atoms with Gasteiger partial charge in [-0.3, -0.25) is 0 Å². The summed E-state index contributed by atoms with van der Waals surface area (Å²) in [6.07, 6.45) is 0.633. The van der Waals surface area contributed by atoms with Gasteiger partial charge < -0.3 is 19.6 Å². The number of ether oxygens (including phenoxy) is 1. The van der Waals surface area contributed by atoms with Crippen molar-refractivity contribution in [3.8, 4) is 5.75 Å². The highest BCUT2D eigenvalue weighted by molar-refractivity contribution is 5.61. The van der Waals surface area contributed by atoms with E-state index >= 15 is 0 Å². The van der Waals surface area contributed by atoms with E-state index in [1.54, 1.807) is 14.0 Å². The summed E-state index contributed by atoms with van der Waals surface area (Å²) in [7, 11) is 5.89. The summed E-state index contributed by atoms with van der Waals surface area (Å²) in [5.41, 5.74) is 1.99. The highest BCUT2D eigenvalue weighted by Crippen LogP contribution is 2.36. The number of benzene rings is 1. The van der Waals surface area contributed by atoms with Gasteiger partial charge in [0.2, 0.25) is 0 Å². The summed E-state index contributed by atoms with van der Waals surface area (Å²) in [6.45, 7) is 3.82. The van der Waals surface area contributed by atoms with E-state index in [9.17, 15) is 5.11 Å². The van der Waals surface area contributed by atoms with Crippen LogP contribution in [-0.2, 0) is 0 Å². The molecule has 1 heterocycles. The molecular formula is C15H24N2O2. The molecule has 0 aromatic heterocycles. The number of rotatable bonds is 4. The highest BCUT2D eigenvalue weighted by Gasteiger charge is 2.27. The zero-order valence-corrected chi connectivity index (χ0v) is 12.3. The van der Waals surface area contributed by atoms with Crippen LogP contribution in [0.2, 0.25) is 0 Å². The van der Waals surface area contributed by atoms with Crippen LogP contribution in [0.3, 0.4) is 0 Å². The van der Waals surface area contributed by atoms with E-state index in [1.807, 2.05) is 12.1 Å². The summed E-state index contributed by atoms with van der Waals surface area (Å²) in [4.78, 5) is 4.61. The molecule has 106 valence electrons. The Bertz CT molecular complexity index is 432. The molecule has 19 heavy (non-hydrogen) atoms. The predicted octanol–water partition coefficient (Wildman–Crippen LogP) is 1.89. The molecule has 1 aliphatic rings. The minimum atomic E-state index is -0.524. The summed E-state index contributed by atoms with van der Waals surface area (Å²) in [6, 6.07) is 6.55. The predicted molar refractivity (Wildman–Crippen MR) is 77.9 cm³/mol. The van der Waals surface area contributed by atoms with Crippen LogP contribution in [-0.4, -0.2) is 50.3 Å². The summed E-state index contributed by atoms with van der Waals surface area (Å²) in [5.74, 6) is 0.765. The molecule has 1 aliphatic heterocycles. The maximum atomic E-state index is 10.0.